The molecule has 0 radical (unpaired) electrons. The lowest BCUT2D eigenvalue weighted by Crippen LogP contribution is -2.36. The monoisotopic (exact) mass is 349 g/mol. The van der Waals surface area contributed by atoms with Gasteiger partial charge in [0.25, 0.3) is 0 Å². The van der Waals surface area contributed by atoms with E-state index in [1.165, 1.54) is 40.6 Å². The Bertz CT molecular complexity index is 753. The Morgan fingerprint density at radius 1 is 1.16 bits per heavy atom. The number of hydrogen-bond donors (Lipinski definition) is 0. The Balaban J connectivity index is 2.73. The van der Waals surface area contributed by atoms with Gasteiger partial charge in [-0.1, -0.05) is 6.07 Å². The number of nitro benzene ring substituents is 1. The van der Waals surface area contributed by atoms with Crippen molar-refractivity contribution in [1.82, 2.24) is 0 Å². The van der Waals surface area contributed by atoms with Crippen molar-refractivity contribution in [2.24, 2.45) is 0 Å². The molecule has 0 bridgehead atoms. The van der Waals surface area contributed by atoms with E-state index in [-0.39, 0.29) is 17.9 Å². The summed E-state index contributed by atoms with van der Waals surface area (Å²) in [5, 5.41) is 11.3. The molecule has 8 nitrogen and oxygen atoms in total. The summed E-state index contributed by atoms with van der Waals surface area (Å²) in [5.41, 5.74) is -0.588. The first-order valence-corrected chi connectivity index (χ1v) is 7.34. The molecule has 0 saturated carbocycles. The van der Waals surface area contributed by atoms with Crippen molar-refractivity contribution in [1.29, 1.82) is 0 Å². The van der Waals surface area contributed by atoms with Gasteiger partial charge in [-0.25, -0.2) is 0 Å². The number of nitrogens with zero attached hydrogens (tertiary/aromatic N) is 1. The molecule has 0 amide bonds. The molecule has 1 aromatic carbocycles. The maximum absolute atomic E-state index is 11.4. The van der Waals surface area contributed by atoms with Crippen LogP contribution in [-0.4, -0.2) is 39.6 Å². The predicted octanol–water partition coefficient (Wildman–Crippen LogP) is 2.48. The summed E-state index contributed by atoms with van der Waals surface area (Å²) in [4.78, 5) is 22.2. The number of benzene rings is 1. The van der Waals surface area contributed by atoms with Crippen LogP contribution in [0.15, 0.2) is 41.4 Å². The molecule has 1 aromatic rings. The van der Waals surface area contributed by atoms with Crippen LogP contribution in [0.5, 0.6) is 5.75 Å². The zero-order chi connectivity index (χ0) is 18.6. The van der Waals surface area contributed by atoms with E-state index in [9.17, 15) is 14.9 Å². The number of rotatable bonds is 7. The molecule has 25 heavy (non-hydrogen) atoms. The molecule has 0 aromatic heterocycles. The highest BCUT2D eigenvalue weighted by Crippen LogP contribution is 2.45. The average molecular weight is 349 g/mol. The van der Waals surface area contributed by atoms with Gasteiger partial charge in [-0.2, -0.15) is 0 Å². The topological polar surface area (TPSA) is 97.1 Å². The molecular weight excluding hydrogens is 330 g/mol. The Kier molecular flexibility index (Phi) is 5.43. The van der Waals surface area contributed by atoms with Crippen molar-refractivity contribution < 1.29 is 28.7 Å². The molecule has 8 heteroatoms. The quantitative estimate of drug-likeness (QED) is 0.424. The first kappa shape index (κ1) is 18.5. The van der Waals surface area contributed by atoms with Crippen LogP contribution in [0, 0.1) is 10.1 Å². The fourth-order valence-corrected chi connectivity index (χ4v) is 2.94. The second-order valence-corrected chi connectivity index (χ2v) is 5.29. The van der Waals surface area contributed by atoms with Crippen LogP contribution in [0.25, 0.3) is 0 Å². The van der Waals surface area contributed by atoms with Crippen molar-refractivity contribution >= 4 is 12.0 Å². The van der Waals surface area contributed by atoms with E-state index in [1.54, 1.807) is 12.1 Å². The van der Waals surface area contributed by atoms with Gasteiger partial charge in [-0.05, 0) is 23.3 Å². The number of carbonyl (C=O) groups is 1. The standard InChI is InChI=1S/C17H19NO7/c1-22-14-6-5-12(8-13(14)18(20)21)17(25-4)9-11(10-19)7-15(23-2)16(17)24-3/h5-8,10H,9H2,1-4H3. The van der Waals surface area contributed by atoms with E-state index >= 15 is 0 Å². The van der Waals surface area contributed by atoms with Gasteiger partial charge in [0.2, 0.25) is 0 Å². The number of carbonyl (C=O) groups excluding carboxylic acids is 1. The van der Waals surface area contributed by atoms with Gasteiger partial charge in [0.1, 0.15) is 6.29 Å². The number of aldehydes is 1. The third-order valence-electron chi connectivity index (χ3n) is 4.13. The second-order valence-electron chi connectivity index (χ2n) is 5.29. The summed E-state index contributed by atoms with van der Waals surface area (Å²) in [7, 11) is 5.68. The molecule has 1 atom stereocenters. The summed E-state index contributed by atoms with van der Waals surface area (Å²) in [5.74, 6) is 0.760. The fourth-order valence-electron chi connectivity index (χ4n) is 2.94. The van der Waals surface area contributed by atoms with E-state index < -0.39 is 10.5 Å². The van der Waals surface area contributed by atoms with Crippen LogP contribution in [0.1, 0.15) is 12.0 Å². The van der Waals surface area contributed by atoms with Crippen LogP contribution in [0.3, 0.4) is 0 Å². The van der Waals surface area contributed by atoms with E-state index in [0.29, 0.717) is 28.9 Å². The van der Waals surface area contributed by atoms with Gasteiger partial charge in [0.05, 0.1) is 26.3 Å². The number of hydrogen-bond acceptors (Lipinski definition) is 7. The third-order valence-corrected chi connectivity index (χ3v) is 4.13. The Morgan fingerprint density at radius 3 is 2.36 bits per heavy atom. The lowest BCUT2D eigenvalue weighted by molar-refractivity contribution is -0.385. The molecular formula is C17H19NO7. The van der Waals surface area contributed by atoms with E-state index in [2.05, 4.69) is 0 Å². The molecule has 0 spiro atoms. The number of ether oxygens (including phenoxy) is 4. The van der Waals surface area contributed by atoms with Gasteiger partial charge in [0.15, 0.2) is 22.9 Å². The SMILES string of the molecule is COC1=C(OC)C(OC)(c2ccc(OC)c([N+](=O)[O-])c2)CC(C=O)=C1. The highest BCUT2D eigenvalue weighted by atomic mass is 16.6. The maximum atomic E-state index is 11.4. The van der Waals surface area contributed by atoms with Crippen molar-refractivity contribution in [2.75, 3.05) is 28.4 Å². The van der Waals surface area contributed by atoms with E-state index in [4.69, 9.17) is 18.9 Å². The Hall–Kier alpha value is -2.87. The first-order chi connectivity index (χ1) is 12.0. The largest absolute Gasteiger partial charge is 0.494 e. The smallest absolute Gasteiger partial charge is 0.311 e. The second kappa shape index (κ2) is 7.35. The van der Waals surface area contributed by atoms with Crippen molar-refractivity contribution in [3.8, 4) is 5.75 Å². The summed E-state index contributed by atoms with van der Waals surface area (Å²) in [6.45, 7) is 0. The summed E-state index contributed by atoms with van der Waals surface area (Å²) in [6.07, 6.45) is 2.39. The highest BCUT2D eigenvalue weighted by molar-refractivity contribution is 5.76. The molecule has 1 aliphatic carbocycles. The zero-order valence-corrected chi connectivity index (χ0v) is 14.4. The Labute approximate surface area is 144 Å². The number of methoxy groups -OCH3 is 4. The van der Waals surface area contributed by atoms with Gasteiger partial charge in [0, 0.05) is 19.6 Å². The lowest BCUT2D eigenvalue weighted by atomic mass is 9.81. The van der Waals surface area contributed by atoms with Crippen molar-refractivity contribution in [3.63, 3.8) is 0 Å². The zero-order valence-electron chi connectivity index (χ0n) is 14.4. The summed E-state index contributed by atoms with van der Waals surface area (Å²) >= 11 is 0. The summed E-state index contributed by atoms with van der Waals surface area (Å²) in [6, 6.07) is 4.46. The predicted molar refractivity (Wildman–Crippen MR) is 88.1 cm³/mol. The van der Waals surface area contributed by atoms with E-state index in [1.807, 2.05) is 0 Å². The fraction of sp³-hybridized carbons (Fsp3) is 0.353. The minimum Gasteiger partial charge on any atom is -0.494 e. The van der Waals surface area contributed by atoms with Crippen LogP contribution in [-0.2, 0) is 24.6 Å². The third kappa shape index (κ3) is 3.08. The van der Waals surface area contributed by atoms with Gasteiger partial charge >= 0.3 is 5.69 Å². The average Bonchev–Trinajstić information content (AvgIpc) is 2.65. The van der Waals surface area contributed by atoms with Crippen molar-refractivity contribution in [3.05, 3.63) is 57.0 Å². The van der Waals surface area contributed by atoms with Crippen LogP contribution < -0.4 is 4.74 Å². The van der Waals surface area contributed by atoms with Gasteiger partial charge in [-0.15, -0.1) is 0 Å². The minimum atomic E-state index is -1.23. The Morgan fingerprint density at radius 2 is 1.88 bits per heavy atom. The normalized spacial score (nSPS) is 19.9. The molecule has 0 aliphatic heterocycles. The van der Waals surface area contributed by atoms with E-state index in [0.717, 1.165) is 0 Å². The van der Waals surface area contributed by atoms with Gasteiger partial charge < -0.3 is 18.9 Å². The highest BCUT2D eigenvalue weighted by Gasteiger charge is 2.44. The number of nitro groups is 1. The molecule has 0 saturated heterocycles. The molecule has 1 aliphatic rings. The molecule has 134 valence electrons. The summed E-state index contributed by atoms with van der Waals surface area (Å²) < 4.78 is 21.5. The minimum absolute atomic E-state index is 0.122. The van der Waals surface area contributed by atoms with Crippen LogP contribution in [0.2, 0.25) is 0 Å². The van der Waals surface area contributed by atoms with Crippen molar-refractivity contribution in [2.45, 2.75) is 12.0 Å². The number of allylic oxidation sites excluding steroid dienone is 1. The maximum Gasteiger partial charge on any atom is 0.311 e. The van der Waals surface area contributed by atoms with Gasteiger partial charge in [-0.3, -0.25) is 14.9 Å². The molecule has 0 fully saturated rings. The molecule has 1 unspecified atom stereocenters. The molecule has 0 N–H and O–H groups in total. The van der Waals surface area contributed by atoms with Crippen LogP contribution in [0.4, 0.5) is 5.69 Å². The lowest BCUT2D eigenvalue weighted by Gasteiger charge is -2.37. The van der Waals surface area contributed by atoms with Crippen LogP contribution >= 0.6 is 0 Å². The first-order valence-electron chi connectivity index (χ1n) is 7.34. The molecule has 2 rings (SSSR count). The molecule has 0 heterocycles.